The number of carbonyl (C=O) groups excluding carboxylic acids is 2. The number of nitrogens with zero attached hydrogens (tertiary/aromatic N) is 1. The number of fused-ring (bicyclic) bond motifs is 1. The highest BCUT2D eigenvalue weighted by molar-refractivity contribution is 5.89. The van der Waals surface area contributed by atoms with Crippen molar-refractivity contribution in [2.24, 2.45) is 5.10 Å². The molecule has 2 amide bonds. The predicted octanol–water partition coefficient (Wildman–Crippen LogP) is 4.04. The third-order valence-corrected chi connectivity index (χ3v) is 4.17. The summed E-state index contributed by atoms with van der Waals surface area (Å²) >= 11 is 0. The van der Waals surface area contributed by atoms with Crippen LogP contribution in [0.4, 0.5) is 4.79 Å². The van der Waals surface area contributed by atoms with Crippen LogP contribution < -0.4 is 15.5 Å². The van der Waals surface area contributed by atoms with Gasteiger partial charge in [0.15, 0.2) is 0 Å². The Morgan fingerprint density at radius 1 is 1.21 bits per heavy atom. The Labute approximate surface area is 172 Å². The van der Waals surface area contributed by atoms with Gasteiger partial charge >= 0.3 is 6.09 Å². The summed E-state index contributed by atoms with van der Waals surface area (Å²) in [5.41, 5.74) is 3.96. The van der Waals surface area contributed by atoms with E-state index in [1.54, 1.807) is 6.21 Å². The Hall–Kier alpha value is -2.83. The van der Waals surface area contributed by atoms with Crippen LogP contribution in [0.5, 0.6) is 5.75 Å². The number of hydrazone groups is 1. The molecule has 1 aliphatic rings. The van der Waals surface area contributed by atoms with Crippen molar-refractivity contribution in [2.45, 2.75) is 65.1 Å². The highest BCUT2D eigenvalue weighted by atomic mass is 16.6. The van der Waals surface area contributed by atoms with E-state index in [1.165, 1.54) is 0 Å². The molecule has 158 valence electrons. The molecule has 0 saturated carbocycles. The van der Waals surface area contributed by atoms with E-state index in [4.69, 9.17) is 9.47 Å². The lowest BCUT2D eigenvalue weighted by Crippen LogP contribution is -2.33. The first-order valence-electron chi connectivity index (χ1n) is 10.0. The fraction of sp³-hybridized carbons (Fsp3) is 0.500. The van der Waals surface area contributed by atoms with Gasteiger partial charge in [-0.1, -0.05) is 24.6 Å². The minimum absolute atomic E-state index is 0.122. The van der Waals surface area contributed by atoms with Gasteiger partial charge in [-0.05, 0) is 52.7 Å². The van der Waals surface area contributed by atoms with Gasteiger partial charge in [-0.3, -0.25) is 4.79 Å². The zero-order valence-electron chi connectivity index (χ0n) is 17.7. The van der Waals surface area contributed by atoms with Crippen LogP contribution in [0.2, 0.25) is 0 Å². The number of alkyl carbamates (subject to hydrolysis) is 1. The first-order valence-corrected chi connectivity index (χ1v) is 10.0. The van der Waals surface area contributed by atoms with Crippen LogP contribution in [0.3, 0.4) is 0 Å². The molecular formula is C22H31N3O4. The van der Waals surface area contributed by atoms with Gasteiger partial charge in [0, 0.05) is 24.1 Å². The molecule has 29 heavy (non-hydrogen) atoms. The Bertz CT molecular complexity index is 766. The van der Waals surface area contributed by atoms with Crippen LogP contribution in [-0.4, -0.2) is 36.5 Å². The number of carbonyl (C=O) groups is 2. The van der Waals surface area contributed by atoms with Crippen LogP contribution in [0.25, 0.3) is 6.08 Å². The standard InChI is InChI=1S/C22H31N3O4/c1-16-18(14-17-10-7-8-11-19(17)28-16)15-24-25-20(26)12-6-5-9-13-23-21(27)29-22(2,3)4/h7-8,10-11,14-16H,5-6,9,12-13H2,1-4H3,(H,23,27)(H,25,26)/b24-15-/t16-/m1/s1. The van der Waals surface area contributed by atoms with Crippen LogP contribution in [0.1, 0.15) is 58.9 Å². The number of ether oxygens (including phenoxy) is 2. The van der Waals surface area contributed by atoms with Crippen LogP contribution in [-0.2, 0) is 9.53 Å². The van der Waals surface area contributed by atoms with E-state index in [0.717, 1.165) is 36.1 Å². The minimum atomic E-state index is -0.496. The van der Waals surface area contributed by atoms with E-state index in [9.17, 15) is 9.59 Å². The van der Waals surface area contributed by atoms with Gasteiger partial charge in [-0.25, -0.2) is 10.2 Å². The first-order chi connectivity index (χ1) is 13.7. The maximum Gasteiger partial charge on any atom is 0.407 e. The highest BCUT2D eigenvalue weighted by Crippen LogP contribution is 2.28. The Balaban J connectivity index is 1.62. The molecule has 2 rings (SSSR count). The van der Waals surface area contributed by atoms with Gasteiger partial charge in [0.05, 0.1) is 6.21 Å². The molecule has 7 nitrogen and oxygen atoms in total. The number of para-hydroxylation sites is 1. The number of rotatable bonds is 8. The van der Waals surface area contributed by atoms with Crippen molar-refractivity contribution < 1.29 is 19.1 Å². The molecule has 1 heterocycles. The molecule has 0 bridgehead atoms. The van der Waals surface area contributed by atoms with E-state index in [0.29, 0.717) is 13.0 Å². The lowest BCUT2D eigenvalue weighted by molar-refractivity contribution is -0.121. The smallest absolute Gasteiger partial charge is 0.407 e. The summed E-state index contributed by atoms with van der Waals surface area (Å²) in [7, 11) is 0. The second-order valence-electron chi connectivity index (χ2n) is 7.97. The summed E-state index contributed by atoms with van der Waals surface area (Å²) in [6.45, 7) is 7.95. The maximum atomic E-state index is 11.9. The fourth-order valence-electron chi connectivity index (χ4n) is 2.73. The summed E-state index contributed by atoms with van der Waals surface area (Å²) in [5.74, 6) is 0.717. The van der Waals surface area contributed by atoms with E-state index in [-0.39, 0.29) is 12.0 Å². The monoisotopic (exact) mass is 401 g/mol. The van der Waals surface area contributed by atoms with E-state index in [2.05, 4.69) is 15.8 Å². The van der Waals surface area contributed by atoms with E-state index < -0.39 is 11.7 Å². The maximum absolute atomic E-state index is 11.9. The summed E-state index contributed by atoms with van der Waals surface area (Å²) < 4.78 is 11.0. The van der Waals surface area contributed by atoms with Gasteiger partial charge in [-0.2, -0.15) is 5.10 Å². The molecule has 0 saturated heterocycles. The molecule has 2 N–H and O–H groups in total. The number of hydrogen-bond donors (Lipinski definition) is 2. The average molecular weight is 402 g/mol. The number of unbranched alkanes of at least 4 members (excludes halogenated alkanes) is 2. The van der Waals surface area contributed by atoms with Crippen molar-refractivity contribution in [2.75, 3.05) is 6.54 Å². The van der Waals surface area contributed by atoms with Crippen molar-refractivity contribution in [3.63, 3.8) is 0 Å². The molecule has 1 aliphatic heterocycles. The normalized spacial score (nSPS) is 15.9. The summed E-state index contributed by atoms with van der Waals surface area (Å²) in [5, 5.41) is 6.75. The lowest BCUT2D eigenvalue weighted by atomic mass is 10.0. The predicted molar refractivity (Wildman–Crippen MR) is 114 cm³/mol. The molecule has 0 unspecified atom stereocenters. The largest absolute Gasteiger partial charge is 0.485 e. The third kappa shape index (κ3) is 8.37. The Kier molecular flexibility index (Phi) is 8.24. The second-order valence-corrected chi connectivity index (χ2v) is 7.97. The number of amides is 2. The van der Waals surface area contributed by atoms with Gasteiger partial charge in [0.25, 0.3) is 0 Å². The van der Waals surface area contributed by atoms with Crippen molar-refractivity contribution in [1.29, 1.82) is 0 Å². The van der Waals surface area contributed by atoms with Crippen molar-refractivity contribution in [3.8, 4) is 5.75 Å². The van der Waals surface area contributed by atoms with Crippen molar-refractivity contribution >= 4 is 24.3 Å². The summed E-state index contributed by atoms with van der Waals surface area (Å²) in [6, 6.07) is 7.80. The van der Waals surface area contributed by atoms with E-state index in [1.807, 2.05) is 58.0 Å². The molecular weight excluding hydrogens is 370 g/mol. The molecule has 1 atom stereocenters. The SMILES string of the molecule is C[C@H]1Oc2ccccc2C=C1/C=N\NC(=O)CCCCCNC(=O)OC(C)(C)C. The zero-order chi connectivity index (χ0) is 21.3. The van der Waals surface area contributed by atoms with E-state index >= 15 is 0 Å². The zero-order valence-corrected chi connectivity index (χ0v) is 17.7. The number of benzene rings is 1. The molecule has 1 aromatic carbocycles. The number of hydrogen-bond acceptors (Lipinski definition) is 5. The van der Waals surface area contributed by atoms with Gasteiger partial charge in [0.2, 0.25) is 5.91 Å². The Morgan fingerprint density at radius 2 is 1.97 bits per heavy atom. The highest BCUT2D eigenvalue weighted by Gasteiger charge is 2.17. The second kappa shape index (κ2) is 10.6. The molecule has 0 fully saturated rings. The third-order valence-electron chi connectivity index (χ3n) is 4.17. The number of nitrogens with one attached hydrogen (secondary N) is 2. The Morgan fingerprint density at radius 3 is 2.72 bits per heavy atom. The fourth-order valence-corrected chi connectivity index (χ4v) is 2.73. The molecule has 0 spiro atoms. The summed E-state index contributed by atoms with van der Waals surface area (Å²) in [4.78, 5) is 23.4. The van der Waals surface area contributed by atoms with Gasteiger partial charge in [-0.15, -0.1) is 0 Å². The summed E-state index contributed by atoms with van der Waals surface area (Å²) in [6.07, 6.45) is 5.84. The van der Waals surface area contributed by atoms with Crippen molar-refractivity contribution in [3.05, 3.63) is 35.4 Å². The lowest BCUT2D eigenvalue weighted by Gasteiger charge is -2.22. The average Bonchev–Trinajstić information content (AvgIpc) is 2.63. The first kappa shape index (κ1) is 22.5. The van der Waals surface area contributed by atoms with Crippen LogP contribution in [0.15, 0.2) is 34.9 Å². The molecule has 0 aromatic heterocycles. The molecule has 0 radical (unpaired) electrons. The molecule has 1 aromatic rings. The van der Waals surface area contributed by atoms with Crippen LogP contribution in [0, 0.1) is 0 Å². The molecule has 7 heteroatoms. The van der Waals surface area contributed by atoms with Gasteiger partial charge < -0.3 is 14.8 Å². The van der Waals surface area contributed by atoms with Crippen LogP contribution >= 0.6 is 0 Å². The minimum Gasteiger partial charge on any atom is -0.485 e. The quantitative estimate of drug-likeness (QED) is 0.391. The van der Waals surface area contributed by atoms with Crippen molar-refractivity contribution in [1.82, 2.24) is 10.7 Å². The van der Waals surface area contributed by atoms with Gasteiger partial charge in [0.1, 0.15) is 17.5 Å². The topological polar surface area (TPSA) is 89.0 Å². The molecule has 0 aliphatic carbocycles.